The van der Waals surface area contributed by atoms with Gasteiger partial charge in [0.25, 0.3) is 5.91 Å². The zero-order valence-corrected chi connectivity index (χ0v) is 17.3. The lowest BCUT2D eigenvalue weighted by Crippen LogP contribution is -2.46. The molecule has 1 atom stereocenters. The molecule has 5 nitrogen and oxygen atoms in total. The number of halogens is 1. The summed E-state index contributed by atoms with van der Waals surface area (Å²) in [6.07, 6.45) is 3.34. The SMILES string of the molecule is CC(C)(C)C(=O)N1CCCC(C(=O)N=c2sccn2Cc2ccccc2F)C1. The molecule has 0 radical (unpaired) electrons. The van der Waals surface area contributed by atoms with Crippen LogP contribution in [0, 0.1) is 17.2 Å². The van der Waals surface area contributed by atoms with Crippen molar-refractivity contribution in [3.8, 4) is 0 Å². The van der Waals surface area contributed by atoms with E-state index in [-0.39, 0.29) is 23.5 Å². The van der Waals surface area contributed by atoms with E-state index in [2.05, 4.69) is 4.99 Å². The average Bonchev–Trinajstić information content (AvgIpc) is 3.09. The van der Waals surface area contributed by atoms with E-state index in [1.54, 1.807) is 33.9 Å². The van der Waals surface area contributed by atoms with E-state index in [1.165, 1.54) is 17.4 Å². The highest BCUT2D eigenvalue weighted by Gasteiger charge is 2.33. The molecule has 28 heavy (non-hydrogen) atoms. The minimum atomic E-state index is -0.460. The van der Waals surface area contributed by atoms with Gasteiger partial charge in [-0.15, -0.1) is 11.3 Å². The van der Waals surface area contributed by atoms with E-state index in [1.807, 2.05) is 26.2 Å². The van der Waals surface area contributed by atoms with Gasteiger partial charge >= 0.3 is 0 Å². The van der Waals surface area contributed by atoms with Gasteiger partial charge in [-0.3, -0.25) is 9.59 Å². The molecule has 0 aliphatic carbocycles. The van der Waals surface area contributed by atoms with Crippen LogP contribution in [-0.4, -0.2) is 34.4 Å². The summed E-state index contributed by atoms with van der Waals surface area (Å²) in [5.74, 6) is -0.710. The summed E-state index contributed by atoms with van der Waals surface area (Å²) in [6, 6.07) is 6.59. The van der Waals surface area contributed by atoms with Crippen LogP contribution in [0.15, 0.2) is 40.8 Å². The van der Waals surface area contributed by atoms with E-state index >= 15 is 0 Å². The predicted octanol–water partition coefficient (Wildman–Crippen LogP) is 3.45. The van der Waals surface area contributed by atoms with Gasteiger partial charge in [0, 0.05) is 35.6 Å². The molecule has 2 aromatic rings. The number of amides is 2. The zero-order chi connectivity index (χ0) is 20.3. The Morgan fingerprint density at radius 2 is 2.04 bits per heavy atom. The molecule has 1 fully saturated rings. The molecule has 0 spiro atoms. The van der Waals surface area contributed by atoms with Crippen molar-refractivity contribution >= 4 is 23.2 Å². The zero-order valence-electron chi connectivity index (χ0n) is 16.5. The van der Waals surface area contributed by atoms with Crippen molar-refractivity contribution in [3.63, 3.8) is 0 Å². The Morgan fingerprint density at radius 3 is 2.75 bits per heavy atom. The lowest BCUT2D eigenvalue weighted by Gasteiger charge is -2.35. The Kier molecular flexibility index (Phi) is 6.13. The maximum atomic E-state index is 13.9. The van der Waals surface area contributed by atoms with Crippen LogP contribution in [0.2, 0.25) is 0 Å². The third kappa shape index (κ3) is 4.76. The van der Waals surface area contributed by atoms with E-state index in [4.69, 9.17) is 0 Å². The molecule has 2 amide bonds. The van der Waals surface area contributed by atoms with Gasteiger partial charge in [0.1, 0.15) is 5.82 Å². The van der Waals surface area contributed by atoms with Crippen molar-refractivity contribution in [1.82, 2.24) is 9.47 Å². The molecule has 1 aromatic carbocycles. The first kappa shape index (κ1) is 20.5. The molecular formula is C21H26FN3O2S. The molecule has 1 saturated heterocycles. The fraction of sp³-hybridized carbons (Fsp3) is 0.476. The van der Waals surface area contributed by atoms with Gasteiger partial charge in [0.05, 0.1) is 12.5 Å². The number of aromatic nitrogens is 1. The van der Waals surface area contributed by atoms with Gasteiger partial charge in [-0.2, -0.15) is 4.99 Å². The van der Waals surface area contributed by atoms with Gasteiger partial charge < -0.3 is 9.47 Å². The molecule has 1 aliphatic heterocycles. The van der Waals surface area contributed by atoms with Crippen LogP contribution in [-0.2, 0) is 16.1 Å². The maximum Gasteiger partial charge on any atom is 0.253 e. The minimum Gasteiger partial charge on any atom is -0.341 e. The molecule has 150 valence electrons. The summed E-state index contributed by atoms with van der Waals surface area (Å²) in [5.41, 5.74) is 0.0907. The standard InChI is InChI=1S/C21H26FN3O2S/c1-21(2,3)19(27)24-10-6-8-16(14-24)18(26)23-20-25(11-12-28-20)13-15-7-4-5-9-17(15)22/h4-5,7,9,11-12,16H,6,8,10,13-14H2,1-3H3. The van der Waals surface area contributed by atoms with Crippen LogP contribution in [0.25, 0.3) is 0 Å². The van der Waals surface area contributed by atoms with Crippen molar-refractivity contribution in [3.05, 3.63) is 52.0 Å². The summed E-state index contributed by atoms with van der Waals surface area (Å²) >= 11 is 1.35. The molecule has 0 N–H and O–H groups in total. The quantitative estimate of drug-likeness (QED) is 0.788. The van der Waals surface area contributed by atoms with Gasteiger partial charge in [0.15, 0.2) is 4.80 Å². The molecule has 0 saturated carbocycles. The maximum absolute atomic E-state index is 13.9. The topological polar surface area (TPSA) is 54.7 Å². The van der Waals surface area contributed by atoms with Gasteiger partial charge in [-0.05, 0) is 18.9 Å². The van der Waals surface area contributed by atoms with Crippen molar-refractivity contribution < 1.29 is 14.0 Å². The summed E-state index contributed by atoms with van der Waals surface area (Å²) < 4.78 is 15.7. The number of nitrogens with zero attached hydrogens (tertiary/aromatic N) is 3. The minimum absolute atomic E-state index is 0.0655. The number of carbonyl (C=O) groups excluding carboxylic acids is 2. The third-order valence-corrected chi connectivity index (χ3v) is 5.66. The Balaban J connectivity index is 1.76. The van der Waals surface area contributed by atoms with E-state index in [0.717, 1.165) is 12.8 Å². The molecule has 0 bridgehead atoms. The Morgan fingerprint density at radius 1 is 1.29 bits per heavy atom. The monoisotopic (exact) mass is 403 g/mol. The number of hydrogen-bond acceptors (Lipinski definition) is 3. The normalized spacial score (nSPS) is 18.4. The van der Waals surface area contributed by atoms with Crippen molar-refractivity contribution in [1.29, 1.82) is 0 Å². The van der Waals surface area contributed by atoms with E-state index < -0.39 is 5.41 Å². The van der Waals surface area contributed by atoms with Crippen molar-refractivity contribution in [2.24, 2.45) is 16.3 Å². The highest BCUT2D eigenvalue weighted by atomic mass is 32.1. The summed E-state index contributed by atoms with van der Waals surface area (Å²) in [5, 5.41) is 1.84. The Labute approximate surface area is 168 Å². The van der Waals surface area contributed by atoms with E-state index in [0.29, 0.717) is 30.0 Å². The second-order valence-electron chi connectivity index (χ2n) is 8.20. The summed E-state index contributed by atoms with van der Waals surface area (Å²) in [6.45, 7) is 7.10. The number of likely N-dealkylation sites (tertiary alicyclic amines) is 1. The highest BCUT2D eigenvalue weighted by molar-refractivity contribution is 7.07. The first-order valence-electron chi connectivity index (χ1n) is 9.51. The fourth-order valence-electron chi connectivity index (χ4n) is 3.34. The second kappa shape index (κ2) is 8.39. The van der Waals surface area contributed by atoms with Crippen LogP contribution < -0.4 is 4.80 Å². The van der Waals surface area contributed by atoms with Crippen LogP contribution in [0.4, 0.5) is 4.39 Å². The summed E-state index contributed by atoms with van der Waals surface area (Å²) in [7, 11) is 0. The first-order chi connectivity index (χ1) is 13.3. The molecule has 2 heterocycles. The average molecular weight is 404 g/mol. The first-order valence-corrected chi connectivity index (χ1v) is 10.4. The fourth-order valence-corrected chi connectivity index (χ4v) is 4.07. The van der Waals surface area contributed by atoms with Gasteiger partial charge in [-0.25, -0.2) is 4.39 Å². The van der Waals surface area contributed by atoms with E-state index in [9.17, 15) is 14.0 Å². The number of carbonyl (C=O) groups is 2. The van der Waals surface area contributed by atoms with Gasteiger partial charge in [-0.1, -0.05) is 39.0 Å². The highest BCUT2D eigenvalue weighted by Crippen LogP contribution is 2.24. The molecular weight excluding hydrogens is 377 g/mol. The second-order valence-corrected chi connectivity index (χ2v) is 9.07. The van der Waals surface area contributed by atoms with Gasteiger partial charge in [0.2, 0.25) is 5.91 Å². The van der Waals surface area contributed by atoms with Crippen molar-refractivity contribution in [2.45, 2.75) is 40.2 Å². The van der Waals surface area contributed by atoms with Crippen LogP contribution >= 0.6 is 11.3 Å². The molecule has 7 heteroatoms. The molecule has 1 aromatic heterocycles. The molecule has 1 unspecified atom stereocenters. The number of rotatable bonds is 3. The lowest BCUT2D eigenvalue weighted by atomic mass is 9.91. The number of thiazole rings is 1. The Bertz CT molecular complexity index is 926. The molecule has 3 rings (SSSR count). The number of hydrogen-bond donors (Lipinski definition) is 0. The largest absolute Gasteiger partial charge is 0.341 e. The number of benzene rings is 1. The lowest BCUT2D eigenvalue weighted by molar-refractivity contribution is -0.142. The predicted molar refractivity (Wildman–Crippen MR) is 107 cm³/mol. The van der Waals surface area contributed by atoms with Crippen LogP contribution in [0.3, 0.4) is 0 Å². The van der Waals surface area contributed by atoms with Crippen molar-refractivity contribution in [2.75, 3.05) is 13.1 Å². The van der Waals surface area contributed by atoms with Crippen LogP contribution in [0.5, 0.6) is 0 Å². The van der Waals surface area contributed by atoms with Crippen LogP contribution in [0.1, 0.15) is 39.2 Å². The third-order valence-electron chi connectivity index (χ3n) is 4.86. The Hall–Kier alpha value is -2.28. The number of piperidine rings is 1. The molecule has 1 aliphatic rings. The summed E-state index contributed by atoms with van der Waals surface area (Å²) in [4.78, 5) is 31.9. The smallest absolute Gasteiger partial charge is 0.253 e.